The molecule has 5 heteroatoms. The van der Waals surface area contributed by atoms with Crippen LogP contribution in [0.15, 0.2) is 65.8 Å². The first-order chi connectivity index (χ1) is 13.6. The molecule has 0 heterocycles. The lowest BCUT2D eigenvalue weighted by Gasteiger charge is -2.12. The summed E-state index contributed by atoms with van der Waals surface area (Å²) in [5, 5.41) is 6.04. The van der Waals surface area contributed by atoms with Crippen LogP contribution in [0.3, 0.4) is 0 Å². The Bertz CT molecular complexity index is 981. The quantitative estimate of drug-likeness (QED) is 0.476. The molecule has 3 aromatic rings. The van der Waals surface area contributed by atoms with Crippen molar-refractivity contribution in [3.05, 3.63) is 71.8 Å². The van der Waals surface area contributed by atoms with Gasteiger partial charge in [-0.05, 0) is 66.1 Å². The molecule has 1 amide bonds. The molecule has 3 rings (SSSR count). The Morgan fingerprint density at radius 2 is 1.79 bits per heavy atom. The van der Waals surface area contributed by atoms with Crippen LogP contribution in [0.25, 0.3) is 10.8 Å². The lowest BCUT2D eigenvalue weighted by Crippen LogP contribution is -2.18. The Labute approximate surface area is 165 Å². The lowest BCUT2D eigenvalue weighted by molar-refractivity contribution is 0.0952. The van der Waals surface area contributed by atoms with Crippen LogP contribution in [-0.4, -0.2) is 25.3 Å². The molecule has 144 valence electrons. The number of methoxy groups -OCH3 is 1. The number of amides is 1. The molecule has 0 saturated heterocycles. The standard InChI is InChI=1S/C23H24N2O3/c1-4-16(2)28-20-11-9-17(10-12-20)15-24-25-23(26)21-13-18-7-5-6-8-19(18)14-22(21)27-3/h5-16H,4H2,1-3H3,(H,25,26). The van der Waals surface area contributed by atoms with Crippen LogP contribution in [0.4, 0.5) is 0 Å². The minimum absolute atomic E-state index is 0.177. The first kappa shape index (κ1) is 19.4. The summed E-state index contributed by atoms with van der Waals surface area (Å²) in [5.41, 5.74) is 3.87. The van der Waals surface area contributed by atoms with E-state index >= 15 is 0 Å². The van der Waals surface area contributed by atoms with Crippen LogP contribution < -0.4 is 14.9 Å². The van der Waals surface area contributed by atoms with Crippen molar-refractivity contribution in [1.29, 1.82) is 0 Å². The van der Waals surface area contributed by atoms with Crippen molar-refractivity contribution < 1.29 is 14.3 Å². The monoisotopic (exact) mass is 376 g/mol. The van der Waals surface area contributed by atoms with Crippen LogP contribution in [0, 0.1) is 0 Å². The molecule has 0 aliphatic rings. The fraction of sp³-hybridized carbons (Fsp3) is 0.217. The summed E-state index contributed by atoms with van der Waals surface area (Å²) in [6, 6.07) is 19.0. The van der Waals surface area contributed by atoms with E-state index in [9.17, 15) is 4.79 Å². The molecule has 1 unspecified atom stereocenters. The van der Waals surface area contributed by atoms with Gasteiger partial charge in [-0.2, -0.15) is 5.10 Å². The van der Waals surface area contributed by atoms with Gasteiger partial charge in [0, 0.05) is 0 Å². The first-order valence-corrected chi connectivity index (χ1v) is 9.27. The van der Waals surface area contributed by atoms with Crippen molar-refractivity contribution in [3.8, 4) is 11.5 Å². The molecule has 3 aromatic carbocycles. The van der Waals surface area contributed by atoms with E-state index < -0.39 is 0 Å². The highest BCUT2D eigenvalue weighted by Gasteiger charge is 2.13. The van der Waals surface area contributed by atoms with Crippen molar-refractivity contribution in [2.24, 2.45) is 5.10 Å². The molecule has 0 spiro atoms. The summed E-state index contributed by atoms with van der Waals surface area (Å²) in [4.78, 5) is 12.5. The molecule has 1 N–H and O–H groups in total. The molecule has 0 fully saturated rings. The average molecular weight is 376 g/mol. The number of hydrogen-bond acceptors (Lipinski definition) is 4. The number of nitrogens with zero attached hydrogens (tertiary/aromatic N) is 1. The number of hydrazone groups is 1. The molecule has 5 nitrogen and oxygen atoms in total. The van der Waals surface area contributed by atoms with E-state index in [4.69, 9.17) is 9.47 Å². The van der Waals surface area contributed by atoms with Gasteiger partial charge in [0.25, 0.3) is 5.91 Å². The summed E-state index contributed by atoms with van der Waals surface area (Å²) in [6.07, 6.45) is 2.72. The van der Waals surface area contributed by atoms with Crippen LogP contribution in [-0.2, 0) is 0 Å². The van der Waals surface area contributed by atoms with Gasteiger partial charge in [0.1, 0.15) is 11.5 Å². The van der Waals surface area contributed by atoms with E-state index in [2.05, 4.69) is 17.5 Å². The predicted molar refractivity (Wildman–Crippen MR) is 112 cm³/mol. The van der Waals surface area contributed by atoms with E-state index in [0.717, 1.165) is 28.5 Å². The minimum Gasteiger partial charge on any atom is -0.496 e. The topological polar surface area (TPSA) is 59.9 Å². The summed E-state index contributed by atoms with van der Waals surface area (Å²) in [5.74, 6) is 1.00. The summed E-state index contributed by atoms with van der Waals surface area (Å²) >= 11 is 0. The zero-order valence-electron chi connectivity index (χ0n) is 16.3. The van der Waals surface area contributed by atoms with Gasteiger partial charge in [-0.1, -0.05) is 31.2 Å². The molecule has 1 atom stereocenters. The highest BCUT2D eigenvalue weighted by Crippen LogP contribution is 2.25. The molecule has 0 aliphatic carbocycles. The van der Waals surface area contributed by atoms with Gasteiger partial charge in [0.15, 0.2) is 0 Å². The predicted octanol–water partition coefficient (Wildman–Crippen LogP) is 4.79. The van der Waals surface area contributed by atoms with E-state index in [1.165, 1.54) is 0 Å². The van der Waals surface area contributed by atoms with Gasteiger partial charge in [-0.15, -0.1) is 0 Å². The van der Waals surface area contributed by atoms with Crippen molar-refractivity contribution in [1.82, 2.24) is 5.43 Å². The first-order valence-electron chi connectivity index (χ1n) is 9.27. The molecular formula is C23H24N2O3. The minimum atomic E-state index is -0.324. The Kier molecular flexibility index (Phi) is 6.27. The normalized spacial score (nSPS) is 12.1. The van der Waals surface area contributed by atoms with Crippen LogP contribution in [0.5, 0.6) is 11.5 Å². The number of fused-ring (bicyclic) bond motifs is 1. The number of benzene rings is 3. The molecule has 28 heavy (non-hydrogen) atoms. The van der Waals surface area contributed by atoms with E-state index in [0.29, 0.717) is 11.3 Å². The number of rotatable bonds is 7. The fourth-order valence-electron chi connectivity index (χ4n) is 2.74. The number of carbonyl (C=O) groups excluding carboxylic acids is 1. The summed E-state index contributed by atoms with van der Waals surface area (Å²) in [7, 11) is 1.55. The Balaban J connectivity index is 1.69. The van der Waals surface area contributed by atoms with Gasteiger partial charge in [-0.25, -0.2) is 5.43 Å². The second-order valence-electron chi connectivity index (χ2n) is 6.50. The highest BCUT2D eigenvalue weighted by atomic mass is 16.5. The van der Waals surface area contributed by atoms with Gasteiger partial charge in [-0.3, -0.25) is 4.79 Å². The van der Waals surface area contributed by atoms with Crippen molar-refractivity contribution in [2.45, 2.75) is 26.4 Å². The maximum Gasteiger partial charge on any atom is 0.275 e. The molecule has 0 bridgehead atoms. The Morgan fingerprint density at radius 3 is 2.43 bits per heavy atom. The molecule has 0 radical (unpaired) electrons. The second-order valence-corrected chi connectivity index (χ2v) is 6.50. The smallest absolute Gasteiger partial charge is 0.275 e. The molecule has 0 aromatic heterocycles. The van der Waals surface area contributed by atoms with Crippen LogP contribution in [0.1, 0.15) is 36.2 Å². The second kappa shape index (κ2) is 9.04. The Morgan fingerprint density at radius 1 is 1.11 bits per heavy atom. The largest absolute Gasteiger partial charge is 0.496 e. The van der Waals surface area contributed by atoms with Crippen LogP contribution >= 0.6 is 0 Å². The third kappa shape index (κ3) is 4.68. The maximum atomic E-state index is 12.5. The highest BCUT2D eigenvalue weighted by molar-refractivity contribution is 6.01. The number of hydrogen-bond donors (Lipinski definition) is 1. The maximum absolute atomic E-state index is 12.5. The van der Waals surface area contributed by atoms with Gasteiger partial charge < -0.3 is 9.47 Å². The third-order valence-corrected chi connectivity index (χ3v) is 4.48. The van der Waals surface area contributed by atoms with E-state index in [1.807, 2.05) is 61.5 Å². The van der Waals surface area contributed by atoms with Crippen molar-refractivity contribution in [3.63, 3.8) is 0 Å². The lowest BCUT2D eigenvalue weighted by atomic mass is 10.1. The average Bonchev–Trinajstić information content (AvgIpc) is 2.73. The summed E-state index contributed by atoms with van der Waals surface area (Å²) < 4.78 is 11.1. The van der Waals surface area contributed by atoms with Crippen LogP contribution in [0.2, 0.25) is 0 Å². The third-order valence-electron chi connectivity index (χ3n) is 4.48. The summed E-state index contributed by atoms with van der Waals surface area (Å²) in [6.45, 7) is 4.12. The van der Waals surface area contributed by atoms with E-state index in [-0.39, 0.29) is 12.0 Å². The molecule has 0 saturated carbocycles. The zero-order valence-corrected chi connectivity index (χ0v) is 16.3. The van der Waals surface area contributed by atoms with Gasteiger partial charge >= 0.3 is 0 Å². The van der Waals surface area contributed by atoms with Gasteiger partial charge in [0.05, 0.1) is 25.0 Å². The number of carbonyl (C=O) groups is 1. The fourth-order valence-corrected chi connectivity index (χ4v) is 2.74. The zero-order chi connectivity index (χ0) is 19.9. The number of ether oxygens (including phenoxy) is 2. The van der Waals surface area contributed by atoms with Crippen molar-refractivity contribution in [2.75, 3.05) is 7.11 Å². The van der Waals surface area contributed by atoms with Crippen molar-refractivity contribution >= 4 is 22.9 Å². The molecule has 0 aliphatic heterocycles. The molecular weight excluding hydrogens is 352 g/mol. The van der Waals surface area contributed by atoms with Gasteiger partial charge in [0.2, 0.25) is 0 Å². The Hall–Kier alpha value is -3.34. The van der Waals surface area contributed by atoms with E-state index in [1.54, 1.807) is 19.4 Å². The number of nitrogens with one attached hydrogen (secondary N) is 1. The SMILES string of the molecule is CCC(C)Oc1ccc(C=NNC(=O)c2cc3ccccc3cc2OC)cc1.